The first kappa shape index (κ1) is 19.6. The topological polar surface area (TPSA) is 61.4 Å². The van der Waals surface area contributed by atoms with Gasteiger partial charge >= 0.3 is 0 Å². The number of hydrogen-bond donors (Lipinski definition) is 2. The summed E-state index contributed by atoms with van der Waals surface area (Å²) in [5, 5.41) is 8.01. The van der Waals surface area contributed by atoms with Crippen molar-refractivity contribution in [3.05, 3.63) is 58.3 Å². The number of hydrogen-bond acceptors (Lipinski definition) is 4. The minimum absolute atomic E-state index is 0.00339. The highest BCUT2D eigenvalue weighted by molar-refractivity contribution is 7.10. The first-order valence-corrected chi connectivity index (χ1v) is 10.3. The second-order valence-electron chi connectivity index (χ2n) is 7.08. The van der Waals surface area contributed by atoms with Gasteiger partial charge in [-0.25, -0.2) is 0 Å². The molecular formula is C21H27N3O2S. The summed E-state index contributed by atoms with van der Waals surface area (Å²) in [5.74, 6) is -0.112. The van der Waals surface area contributed by atoms with E-state index in [1.165, 1.54) is 12.5 Å². The lowest BCUT2D eigenvalue weighted by molar-refractivity contribution is -0.123. The fourth-order valence-corrected chi connectivity index (χ4v) is 4.28. The van der Waals surface area contributed by atoms with E-state index >= 15 is 0 Å². The van der Waals surface area contributed by atoms with Gasteiger partial charge in [-0.2, -0.15) is 0 Å². The third-order valence-corrected chi connectivity index (χ3v) is 5.84. The molecule has 2 N–H and O–H groups in total. The summed E-state index contributed by atoms with van der Waals surface area (Å²) in [6.45, 7) is 4.42. The molecule has 0 saturated carbocycles. The predicted octanol–water partition coefficient (Wildman–Crippen LogP) is 3.10. The van der Waals surface area contributed by atoms with Gasteiger partial charge in [-0.05, 0) is 29.9 Å². The summed E-state index contributed by atoms with van der Waals surface area (Å²) in [6, 6.07) is 14.3. The molecule has 0 aliphatic carbocycles. The van der Waals surface area contributed by atoms with Crippen molar-refractivity contribution in [3.8, 4) is 0 Å². The summed E-state index contributed by atoms with van der Waals surface area (Å²) >= 11 is 1.56. The van der Waals surface area contributed by atoms with E-state index < -0.39 is 0 Å². The fourth-order valence-electron chi connectivity index (χ4n) is 3.51. The van der Waals surface area contributed by atoms with Crippen molar-refractivity contribution in [1.82, 2.24) is 15.5 Å². The largest absolute Gasteiger partial charge is 0.353 e. The Bertz CT molecular complexity index is 725. The number of nitrogens with zero attached hydrogens (tertiary/aromatic N) is 1. The molecule has 1 aliphatic heterocycles. The van der Waals surface area contributed by atoms with Crippen LogP contribution in [0.4, 0.5) is 0 Å². The van der Waals surface area contributed by atoms with Crippen LogP contribution in [0.2, 0.25) is 0 Å². The van der Waals surface area contributed by atoms with Gasteiger partial charge in [0.2, 0.25) is 11.8 Å². The van der Waals surface area contributed by atoms with Crippen molar-refractivity contribution < 1.29 is 9.59 Å². The molecule has 5 nitrogen and oxygen atoms in total. The maximum Gasteiger partial charge on any atom is 0.222 e. The maximum absolute atomic E-state index is 12.5. The van der Waals surface area contributed by atoms with E-state index in [0.29, 0.717) is 0 Å². The number of carbonyl (C=O) groups is 2. The standard InChI is InChI=1S/C21H27N3O2S/c1-16(25)22-19(20-8-5-13-27-20)14-21(26)23-18-9-11-24(12-10-18)15-17-6-3-2-4-7-17/h2-8,13,18-19H,9-12,14-15H2,1H3,(H,22,25)(H,23,26)/t19-/m1/s1. The molecule has 2 aromatic rings. The van der Waals surface area contributed by atoms with Gasteiger partial charge in [0.05, 0.1) is 12.5 Å². The van der Waals surface area contributed by atoms with Crippen molar-refractivity contribution in [2.75, 3.05) is 13.1 Å². The zero-order chi connectivity index (χ0) is 19.1. The molecule has 144 valence electrons. The Morgan fingerprint density at radius 3 is 2.52 bits per heavy atom. The minimum Gasteiger partial charge on any atom is -0.353 e. The second kappa shape index (κ2) is 9.67. The lowest BCUT2D eigenvalue weighted by Gasteiger charge is -2.32. The van der Waals surface area contributed by atoms with Crippen LogP contribution in [0, 0.1) is 0 Å². The predicted molar refractivity (Wildman–Crippen MR) is 108 cm³/mol. The van der Waals surface area contributed by atoms with Crippen molar-refractivity contribution in [1.29, 1.82) is 0 Å². The van der Waals surface area contributed by atoms with E-state index in [4.69, 9.17) is 0 Å². The number of piperidine rings is 1. The molecule has 27 heavy (non-hydrogen) atoms. The molecule has 0 unspecified atom stereocenters. The van der Waals surface area contributed by atoms with Gasteiger partial charge in [-0.15, -0.1) is 11.3 Å². The molecule has 1 saturated heterocycles. The number of benzene rings is 1. The zero-order valence-corrected chi connectivity index (χ0v) is 16.5. The molecule has 1 fully saturated rings. The van der Waals surface area contributed by atoms with Crippen molar-refractivity contribution in [2.24, 2.45) is 0 Å². The summed E-state index contributed by atoms with van der Waals surface area (Å²) in [4.78, 5) is 27.4. The van der Waals surface area contributed by atoms with Crippen LogP contribution >= 0.6 is 11.3 Å². The molecule has 3 rings (SSSR count). The molecule has 0 spiro atoms. The first-order chi connectivity index (χ1) is 13.1. The number of amides is 2. The smallest absolute Gasteiger partial charge is 0.222 e. The first-order valence-electron chi connectivity index (χ1n) is 9.46. The lowest BCUT2D eigenvalue weighted by Crippen LogP contribution is -2.45. The maximum atomic E-state index is 12.5. The molecular weight excluding hydrogens is 358 g/mol. The third kappa shape index (κ3) is 6.19. The molecule has 2 heterocycles. The van der Waals surface area contributed by atoms with Gasteiger partial charge in [0.15, 0.2) is 0 Å². The normalized spacial score (nSPS) is 16.6. The van der Waals surface area contributed by atoms with Crippen LogP contribution in [0.25, 0.3) is 0 Å². The molecule has 6 heteroatoms. The van der Waals surface area contributed by atoms with E-state index in [2.05, 4.69) is 39.8 Å². The number of nitrogens with one attached hydrogen (secondary N) is 2. The highest BCUT2D eigenvalue weighted by Crippen LogP contribution is 2.22. The molecule has 1 aromatic carbocycles. The molecule has 0 radical (unpaired) electrons. The average Bonchev–Trinajstić information content (AvgIpc) is 3.18. The van der Waals surface area contributed by atoms with Gasteiger partial charge in [0.1, 0.15) is 0 Å². The summed E-state index contributed by atoms with van der Waals surface area (Å²) in [5.41, 5.74) is 1.33. The van der Waals surface area contributed by atoms with Crippen LogP contribution in [0.1, 0.15) is 42.7 Å². The number of likely N-dealkylation sites (tertiary alicyclic amines) is 1. The Kier molecular flexibility index (Phi) is 7.01. The van der Waals surface area contributed by atoms with Crippen LogP contribution in [0.5, 0.6) is 0 Å². The van der Waals surface area contributed by atoms with Crippen molar-refractivity contribution in [2.45, 2.75) is 44.8 Å². The second-order valence-corrected chi connectivity index (χ2v) is 8.06. The summed E-state index contributed by atoms with van der Waals surface area (Å²) in [7, 11) is 0. The molecule has 0 bridgehead atoms. The van der Waals surface area contributed by atoms with Gasteiger partial charge in [-0.3, -0.25) is 14.5 Å². The number of thiophene rings is 1. The molecule has 1 aliphatic rings. The van der Waals surface area contributed by atoms with E-state index in [-0.39, 0.29) is 30.3 Å². The monoisotopic (exact) mass is 385 g/mol. The van der Waals surface area contributed by atoms with Crippen LogP contribution in [0.15, 0.2) is 47.8 Å². The lowest BCUT2D eigenvalue weighted by atomic mass is 10.0. The Balaban J connectivity index is 1.45. The van der Waals surface area contributed by atoms with Crippen LogP contribution in [-0.2, 0) is 16.1 Å². The Labute approximate surface area is 164 Å². The Hall–Kier alpha value is -2.18. The average molecular weight is 386 g/mol. The minimum atomic E-state index is -0.249. The Morgan fingerprint density at radius 2 is 1.89 bits per heavy atom. The van der Waals surface area contributed by atoms with E-state index in [0.717, 1.165) is 37.4 Å². The van der Waals surface area contributed by atoms with Crippen LogP contribution in [0.3, 0.4) is 0 Å². The van der Waals surface area contributed by atoms with Gasteiger partial charge in [0.25, 0.3) is 0 Å². The van der Waals surface area contributed by atoms with Gasteiger partial charge < -0.3 is 10.6 Å². The molecule has 1 aromatic heterocycles. The highest BCUT2D eigenvalue weighted by atomic mass is 32.1. The van der Waals surface area contributed by atoms with Crippen LogP contribution < -0.4 is 10.6 Å². The van der Waals surface area contributed by atoms with Crippen LogP contribution in [-0.4, -0.2) is 35.8 Å². The van der Waals surface area contributed by atoms with E-state index in [9.17, 15) is 9.59 Å². The summed E-state index contributed by atoms with van der Waals surface area (Å²) in [6.07, 6.45) is 2.20. The van der Waals surface area contributed by atoms with E-state index in [1.54, 1.807) is 11.3 Å². The summed E-state index contributed by atoms with van der Waals surface area (Å²) < 4.78 is 0. The highest BCUT2D eigenvalue weighted by Gasteiger charge is 2.23. The molecule has 1 atom stereocenters. The SMILES string of the molecule is CC(=O)N[C@H](CC(=O)NC1CCN(Cc2ccccc2)CC1)c1cccs1. The van der Waals surface area contributed by atoms with Crippen molar-refractivity contribution in [3.63, 3.8) is 0 Å². The zero-order valence-electron chi connectivity index (χ0n) is 15.7. The molecule has 2 amide bonds. The van der Waals surface area contributed by atoms with Gasteiger partial charge in [-0.1, -0.05) is 36.4 Å². The van der Waals surface area contributed by atoms with Crippen molar-refractivity contribution >= 4 is 23.2 Å². The Morgan fingerprint density at radius 1 is 1.15 bits per heavy atom. The van der Waals surface area contributed by atoms with Gasteiger partial charge in [0, 0.05) is 37.5 Å². The third-order valence-electron chi connectivity index (χ3n) is 4.86. The van der Waals surface area contributed by atoms with E-state index in [1.807, 2.05) is 23.6 Å². The fraction of sp³-hybridized carbons (Fsp3) is 0.429. The number of carbonyl (C=O) groups excluding carboxylic acids is 2. The quantitative estimate of drug-likeness (QED) is 0.770. The number of rotatable bonds is 7.